The van der Waals surface area contributed by atoms with Crippen LogP contribution in [0.15, 0.2) is 89.9 Å². The first-order valence-corrected chi connectivity index (χ1v) is 10.0. The second-order valence-corrected chi connectivity index (χ2v) is 7.77. The zero-order valence-corrected chi connectivity index (χ0v) is 16.0. The standard InChI is InChI=1S/C26H24N2/c1-18-7-2-3-8-20(18)17-27-21-15-13-19(14-16-21)26-24-11-6-10-22(24)23-9-4-5-12-25(23)28-26/h2-10,12-17,22,24,26,28H,11H2,1H3/t22-,24+,26-/m0/s1. The van der Waals surface area contributed by atoms with Crippen LogP contribution in [0.4, 0.5) is 11.4 Å². The predicted octanol–water partition coefficient (Wildman–Crippen LogP) is 6.57. The van der Waals surface area contributed by atoms with Crippen molar-refractivity contribution in [1.82, 2.24) is 0 Å². The van der Waals surface area contributed by atoms with Crippen LogP contribution in [0, 0.1) is 12.8 Å². The monoisotopic (exact) mass is 364 g/mol. The molecule has 3 aromatic carbocycles. The van der Waals surface area contributed by atoms with Crippen molar-refractivity contribution in [2.45, 2.75) is 25.3 Å². The maximum absolute atomic E-state index is 4.67. The van der Waals surface area contributed by atoms with Crippen LogP contribution in [0.5, 0.6) is 0 Å². The minimum atomic E-state index is 0.337. The summed E-state index contributed by atoms with van der Waals surface area (Å²) in [4.78, 5) is 4.67. The van der Waals surface area contributed by atoms with E-state index in [0.717, 1.165) is 17.7 Å². The third-order valence-electron chi connectivity index (χ3n) is 6.07. The average Bonchev–Trinajstić information content (AvgIpc) is 3.23. The Hall–Kier alpha value is -3.13. The van der Waals surface area contributed by atoms with Gasteiger partial charge in [0.1, 0.15) is 0 Å². The van der Waals surface area contributed by atoms with Crippen LogP contribution in [-0.2, 0) is 0 Å². The van der Waals surface area contributed by atoms with Gasteiger partial charge < -0.3 is 5.32 Å². The van der Waals surface area contributed by atoms with Gasteiger partial charge in [-0.1, -0.05) is 66.7 Å². The number of aliphatic imine (C=N–C) groups is 1. The summed E-state index contributed by atoms with van der Waals surface area (Å²) in [7, 11) is 0. The molecule has 0 bridgehead atoms. The van der Waals surface area contributed by atoms with Gasteiger partial charge in [-0.25, -0.2) is 0 Å². The lowest BCUT2D eigenvalue weighted by Crippen LogP contribution is -2.28. The molecule has 3 aromatic rings. The predicted molar refractivity (Wildman–Crippen MR) is 118 cm³/mol. The van der Waals surface area contributed by atoms with E-state index in [9.17, 15) is 0 Å². The largest absolute Gasteiger partial charge is 0.378 e. The van der Waals surface area contributed by atoms with Crippen molar-refractivity contribution < 1.29 is 0 Å². The molecular formula is C26H24N2. The number of allylic oxidation sites excluding steroid dienone is 2. The van der Waals surface area contributed by atoms with Crippen molar-refractivity contribution in [1.29, 1.82) is 0 Å². The molecule has 1 N–H and O–H groups in total. The van der Waals surface area contributed by atoms with Crippen LogP contribution in [0.2, 0.25) is 0 Å². The van der Waals surface area contributed by atoms with Gasteiger partial charge in [-0.2, -0.15) is 0 Å². The highest BCUT2D eigenvalue weighted by molar-refractivity contribution is 5.83. The van der Waals surface area contributed by atoms with Gasteiger partial charge in [-0.05, 0) is 59.7 Å². The fraction of sp³-hybridized carbons (Fsp3) is 0.192. The van der Waals surface area contributed by atoms with E-state index in [4.69, 9.17) is 0 Å². The van der Waals surface area contributed by atoms with Crippen molar-refractivity contribution in [2.24, 2.45) is 10.9 Å². The number of aryl methyl sites for hydroxylation is 1. The van der Waals surface area contributed by atoms with Crippen molar-refractivity contribution in [2.75, 3.05) is 5.32 Å². The minimum absolute atomic E-state index is 0.337. The quantitative estimate of drug-likeness (QED) is 0.412. The Kier molecular flexibility index (Phi) is 4.32. The minimum Gasteiger partial charge on any atom is -0.378 e. The summed E-state index contributed by atoms with van der Waals surface area (Å²) in [6.45, 7) is 2.11. The van der Waals surface area contributed by atoms with Gasteiger partial charge in [0.15, 0.2) is 0 Å². The molecular weight excluding hydrogens is 340 g/mol. The Morgan fingerprint density at radius 3 is 2.57 bits per heavy atom. The van der Waals surface area contributed by atoms with Crippen molar-refractivity contribution in [3.8, 4) is 0 Å². The van der Waals surface area contributed by atoms with Gasteiger partial charge in [0.25, 0.3) is 0 Å². The summed E-state index contributed by atoms with van der Waals surface area (Å²) in [5.74, 6) is 1.09. The zero-order chi connectivity index (χ0) is 18.9. The molecule has 1 heterocycles. The number of hydrogen-bond acceptors (Lipinski definition) is 2. The van der Waals surface area contributed by atoms with Crippen LogP contribution in [0.3, 0.4) is 0 Å². The van der Waals surface area contributed by atoms with Gasteiger partial charge in [-0.15, -0.1) is 0 Å². The molecule has 3 atom stereocenters. The Labute approximate surface area is 166 Å². The summed E-state index contributed by atoms with van der Waals surface area (Å²) in [6, 6.07) is 26.1. The second kappa shape index (κ2) is 7.12. The summed E-state index contributed by atoms with van der Waals surface area (Å²) in [5.41, 5.74) is 7.43. The Morgan fingerprint density at radius 2 is 1.71 bits per heavy atom. The molecule has 0 saturated carbocycles. The number of nitrogens with zero attached hydrogens (tertiary/aromatic N) is 1. The van der Waals surface area contributed by atoms with E-state index in [-0.39, 0.29) is 0 Å². The Bertz CT molecular complexity index is 1050. The number of fused-ring (bicyclic) bond motifs is 3. The van der Waals surface area contributed by atoms with E-state index in [1.165, 1.54) is 22.4 Å². The Morgan fingerprint density at radius 1 is 0.929 bits per heavy atom. The van der Waals surface area contributed by atoms with Crippen LogP contribution in [0.1, 0.15) is 40.6 Å². The summed E-state index contributed by atoms with van der Waals surface area (Å²) >= 11 is 0. The molecule has 2 heteroatoms. The molecule has 0 saturated heterocycles. The number of para-hydroxylation sites is 1. The summed E-state index contributed by atoms with van der Waals surface area (Å²) < 4.78 is 0. The normalized spacial score (nSPS) is 22.7. The zero-order valence-electron chi connectivity index (χ0n) is 16.0. The number of rotatable bonds is 3. The average molecular weight is 364 g/mol. The molecule has 0 amide bonds. The first kappa shape index (κ1) is 17.0. The van der Waals surface area contributed by atoms with Gasteiger partial charge >= 0.3 is 0 Å². The third-order valence-corrected chi connectivity index (χ3v) is 6.07. The lowest BCUT2D eigenvalue weighted by Gasteiger charge is -2.37. The highest BCUT2D eigenvalue weighted by Gasteiger charge is 2.37. The smallest absolute Gasteiger partial charge is 0.0630 e. The molecule has 1 aliphatic heterocycles. The molecule has 0 unspecified atom stereocenters. The van der Waals surface area contributed by atoms with Gasteiger partial charge in [0.2, 0.25) is 0 Å². The number of benzene rings is 3. The SMILES string of the molecule is Cc1ccccc1C=Nc1ccc([C@@H]2Nc3ccccc3[C@@H]3C=CC[C@H]32)cc1. The van der Waals surface area contributed by atoms with E-state index in [1.807, 2.05) is 6.21 Å². The van der Waals surface area contributed by atoms with Crippen LogP contribution in [0.25, 0.3) is 0 Å². The molecule has 28 heavy (non-hydrogen) atoms. The number of nitrogens with one attached hydrogen (secondary N) is 1. The van der Waals surface area contributed by atoms with E-state index < -0.39 is 0 Å². The lowest BCUT2D eigenvalue weighted by atomic mass is 9.77. The topological polar surface area (TPSA) is 24.4 Å². The maximum Gasteiger partial charge on any atom is 0.0630 e. The maximum atomic E-state index is 4.67. The summed E-state index contributed by atoms with van der Waals surface area (Å²) in [5, 5.41) is 3.79. The third kappa shape index (κ3) is 3.05. The highest BCUT2D eigenvalue weighted by atomic mass is 15.0. The van der Waals surface area contributed by atoms with Crippen molar-refractivity contribution >= 4 is 17.6 Å². The Balaban J connectivity index is 1.40. The van der Waals surface area contributed by atoms with Crippen LogP contribution >= 0.6 is 0 Å². The molecule has 0 fully saturated rings. The first-order chi connectivity index (χ1) is 13.8. The van der Waals surface area contributed by atoms with E-state index in [1.54, 1.807) is 0 Å². The molecule has 1 aliphatic carbocycles. The van der Waals surface area contributed by atoms with Crippen LogP contribution in [-0.4, -0.2) is 6.21 Å². The fourth-order valence-electron chi connectivity index (χ4n) is 4.52. The van der Waals surface area contributed by atoms with Crippen LogP contribution < -0.4 is 5.32 Å². The molecule has 0 radical (unpaired) electrons. The first-order valence-electron chi connectivity index (χ1n) is 10.0. The number of anilines is 1. The van der Waals surface area contributed by atoms with Gasteiger partial charge in [0, 0.05) is 17.8 Å². The molecule has 0 aromatic heterocycles. The molecule has 2 nitrogen and oxygen atoms in total. The van der Waals surface area contributed by atoms with E-state index in [2.05, 4.69) is 102 Å². The molecule has 0 spiro atoms. The summed E-state index contributed by atoms with van der Waals surface area (Å²) in [6.07, 6.45) is 7.81. The van der Waals surface area contributed by atoms with Crippen molar-refractivity contribution in [3.63, 3.8) is 0 Å². The molecule has 138 valence electrons. The van der Waals surface area contributed by atoms with Crippen molar-refractivity contribution in [3.05, 3.63) is 107 Å². The van der Waals surface area contributed by atoms with E-state index >= 15 is 0 Å². The van der Waals surface area contributed by atoms with Gasteiger partial charge in [0.05, 0.1) is 11.7 Å². The van der Waals surface area contributed by atoms with E-state index in [0.29, 0.717) is 17.9 Å². The fourth-order valence-corrected chi connectivity index (χ4v) is 4.52. The highest BCUT2D eigenvalue weighted by Crippen LogP contribution is 2.49. The molecule has 5 rings (SSSR count). The molecule has 2 aliphatic rings. The number of hydrogen-bond donors (Lipinski definition) is 1. The lowest BCUT2D eigenvalue weighted by molar-refractivity contribution is 0.425. The van der Waals surface area contributed by atoms with Gasteiger partial charge in [-0.3, -0.25) is 4.99 Å². The second-order valence-electron chi connectivity index (χ2n) is 7.77.